The van der Waals surface area contributed by atoms with Gasteiger partial charge in [-0.25, -0.2) is 0 Å². The van der Waals surface area contributed by atoms with Gasteiger partial charge in [0.25, 0.3) is 0 Å². The molecule has 2 atom stereocenters. The minimum absolute atomic E-state index is 0.402. The number of benzene rings is 1. The van der Waals surface area contributed by atoms with Crippen LogP contribution in [0.4, 0.5) is 0 Å². The van der Waals surface area contributed by atoms with Crippen LogP contribution in [0.25, 0.3) is 0 Å². The summed E-state index contributed by atoms with van der Waals surface area (Å²) in [6, 6.07) is 11.8. The van der Waals surface area contributed by atoms with E-state index in [2.05, 4.69) is 78.5 Å². The van der Waals surface area contributed by atoms with Crippen molar-refractivity contribution < 1.29 is 4.74 Å². The monoisotopic (exact) mass is 443 g/mol. The molecule has 0 aromatic heterocycles. The van der Waals surface area contributed by atoms with Gasteiger partial charge in [-0.1, -0.05) is 37.3 Å². The number of ether oxygens (including phenoxy) is 1. The van der Waals surface area contributed by atoms with Crippen LogP contribution in [0.1, 0.15) is 52.5 Å². The third-order valence-corrected chi connectivity index (χ3v) is 6.75. The second-order valence-corrected chi connectivity index (χ2v) is 9.72. The maximum absolute atomic E-state index is 6.17. The highest BCUT2D eigenvalue weighted by molar-refractivity contribution is 5.80. The first-order valence-corrected chi connectivity index (χ1v) is 12.7. The van der Waals surface area contributed by atoms with Gasteiger partial charge in [0, 0.05) is 64.5 Å². The summed E-state index contributed by atoms with van der Waals surface area (Å²) in [7, 11) is 0. The molecule has 2 aliphatic heterocycles. The summed E-state index contributed by atoms with van der Waals surface area (Å²) in [6.07, 6.45) is 3.64. The Bertz CT molecular complexity index is 672. The highest BCUT2D eigenvalue weighted by Crippen LogP contribution is 2.19. The first kappa shape index (κ1) is 25.0. The highest BCUT2D eigenvalue weighted by atomic mass is 16.5. The van der Waals surface area contributed by atoms with Gasteiger partial charge in [-0.05, 0) is 51.5 Å². The molecule has 0 spiro atoms. The van der Waals surface area contributed by atoms with Crippen molar-refractivity contribution in [3.8, 4) is 0 Å². The van der Waals surface area contributed by atoms with Crippen LogP contribution in [0, 0.1) is 5.92 Å². The number of nitrogens with zero attached hydrogens (tertiary/aromatic N) is 3. The molecular weight excluding hydrogens is 398 g/mol. The molecule has 1 aromatic rings. The van der Waals surface area contributed by atoms with Gasteiger partial charge in [0.1, 0.15) is 0 Å². The van der Waals surface area contributed by atoms with Crippen LogP contribution in [0.15, 0.2) is 35.3 Å². The van der Waals surface area contributed by atoms with Crippen LogP contribution in [-0.2, 0) is 11.3 Å². The van der Waals surface area contributed by atoms with E-state index in [4.69, 9.17) is 9.73 Å². The predicted octanol–water partition coefficient (Wildman–Crippen LogP) is 3.34. The maximum Gasteiger partial charge on any atom is 0.191 e. The quantitative estimate of drug-likeness (QED) is 0.330. The first-order chi connectivity index (χ1) is 15.5. The lowest BCUT2D eigenvalue weighted by Crippen LogP contribution is -2.46. The molecule has 2 unspecified atom stereocenters. The fourth-order valence-electron chi connectivity index (χ4n) is 4.69. The molecule has 2 N–H and O–H groups in total. The largest absolute Gasteiger partial charge is 0.378 e. The van der Waals surface area contributed by atoms with E-state index in [1.807, 2.05) is 0 Å². The minimum atomic E-state index is 0.402. The molecule has 2 saturated heterocycles. The lowest BCUT2D eigenvalue weighted by atomic mass is 10.1. The van der Waals surface area contributed by atoms with E-state index in [0.29, 0.717) is 24.1 Å². The summed E-state index contributed by atoms with van der Waals surface area (Å²) in [5.41, 5.74) is 1.40. The number of guanidine groups is 1. The minimum Gasteiger partial charge on any atom is -0.378 e. The molecule has 0 bridgehead atoms. The zero-order valence-electron chi connectivity index (χ0n) is 20.7. The van der Waals surface area contributed by atoms with Gasteiger partial charge in [0.05, 0.1) is 6.10 Å². The normalized spacial score (nSPS) is 23.7. The molecule has 2 heterocycles. The Kier molecular flexibility index (Phi) is 10.3. The van der Waals surface area contributed by atoms with E-state index in [1.54, 1.807) is 0 Å². The van der Waals surface area contributed by atoms with Crippen molar-refractivity contribution in [3.05, 3.63) is 35.9 Å². The van der Waals surface area contributed by atoms with Gasteiger partial charge in [-0.2, -0.15) is 0 Å². The van der Waals surface area contributed by atoms with Crippen LogP contribution in [0.2, 0.25) is 0 Å². The fraction of sp³-hybridized carbons (Fsp3) is 0.731. The van der Waals surface area contributed by atoms with E-state index in [0.717, 1.165) is 77.6 Å². The van der Waals surface area contributed by atoms with Crippen molar-refractivity contribution in [2.45, 2.75) is 71.7 Å². The molecule has 0 amide bonds. The van der Waals surface area contributed by atoms with Crippen LogP contribution < -0.4 is 10.6 Å². The van der Waals surface area contributed by atoms with Crippen molar-refractivity contribution in [1.29, 1.82) is 0 Å². The maximum atomic E-state index is 6.17. The SMILES string of the molecule is CCNC(=NCCCOC1CCN(Cc2ccccc2)CC1)NC1CN(C(C)C)CC1C. The summed E-state index contributed by atoms with van der Waals surface area (Å²) in [5, 5.41) is 7.08. The smallest absolute Gasteiger partial charge is 0.191 e. The molecule has 0 saturated carbocycles. The fourth-order valence-corrected chi connectivity index (χ4v) is 4.69. The molecule has 0 radical (unpaired) electrons. The summed E-state index contributed by atoms with van der Waals surface area (Å²) in [6.45, 7) is 17.1. The number of hydrogen-bond donors (Lipinski definition) is 2. The topological polar surface area (TPSA) is 52.1 Å². The Morgan fingerprint density at radius 1 is 1.16 bits per heavy atom. The number of piperidine rings is 1. The van der Waals surface area contributed by atoms with Crippen molar-refractivity contribution >= 4 is 5.96 Å². The average molecular weight is 444 g/mol. The Balaban J connectivity index is 1.32. The van der Waals surface area contributed by atoms with Crippen molar-refractivity contribution in [3.63, 3.8) is 0 Å². The summed E-state index contributed by atoms with van der Waals surface area (Å²) in [4.78, 5) is 9.90. The number of rotatable bonds is 10. The first-order valence-electron chi connectivity index (χ1n) is 12.7. The van der Waals surface area contributed by atoms with Crippen LogP contribution in [0.3, 0.4) is 0 Å². The van der Waals surface area contributed by atoms with Gasteiger partial charge >= 0.3 is 0 Å². The summed E-state index contributed by atoms with van der Waals surface area (Å²) < 4.78 is 6.17. The summed E-state index contributed by atoms with van der Waals surface area (Å²) >= 11 is 0. The molecule has 6 heteroatoms. The standard InChI is InChI=1S/C26H45N5O/c1-5-27-26(29-25-20-31(21(2)3)18-22(25)4)28-14-9-17-32-24-12-15-30(16-13-24)19-23-10-7-6-8-11-23/h6-8,10-11,21-22,24-25H,5,9,12-20H2,1-4H3,(H2,27,28,29). The molecular formula is C26H45N5O. The molecule has 3 rings (SSSR count). The van der Waals surface area contributed by atoms with E-state index in [-0.39, 0.29) is 0 Å². The summed E-state index contributed by atoms with van der Waals surface area (Å²) in [5.74, 6) is 1.58. The van der Waals surface area contributed by atoms with E-state index < -0.39 is 0 Å². The second-order valence-electron chi connectivity index (χ2n) is 9.72. The number of hydrogen-bond acceptors (Lipinski definition) is 4. The van der Waals surface area contributed by atoms with Crippen molar-refractivity contribution in [2.75, 3.05) is 45.9 Å². The van der Waals surface area contributed by atoms with Crippen molar-refractivity contribution in [2.24, 2.45) is 10.9 Å². The molecule has 2 fully saturated rings. The van der Waals surface area contributed by atoms with Crippen LogP contribution in [0.5, 0.6) is 0 Å². The third kappa shape index (κ3) is 8.05. The Morgan fingerprint density at radius 2 is 1.91 bits per heavy atom. The third-order valence-electron chi connectivity index (χ3n) is 6.75. The van der Waals surface area contributed by atoms with Gasteiger partial charge in [-0.15, -0.1) is 0 Å². The number of nitrogens with one attached hydrogen (secondary N) is 2. The Hall–Kier alpha value is -1.63. The lowest BCUT2D eigenvalue weighted by Gasteiger charge is -2.31. The van der Waals surface area contributed by atoms with E-state index >= 15 is 0 Å². The number of aliphatic imine (C=N–C) groups is 1. The Labute approximate surface area is 195 Å². The molecule has 1 aromatic carbocycles. The van der Waals surface area contributed by atoms with Gasteiger partial charge in [0.2, 0.25) is 0 Å². The zero-order valence-corrected chi connectivity index (χ0v) is 20.7. The zero-order chi connectivity index (χ0) is 22.8. The van der Waals surface area contributed by atoms with Gasteiger partial charge in [-0.3, -0.25) is 14.8 Å². The average Bonchev–Trinajstić information content (AvgIpc) is 3.16. The van der Waals surface area contributed by atoms with E-state index in [1.165, 1.54) is 5.56 Å². The van der Waals surface area contributed by atoms with Gasteiger partial charge in [0.15, 0.2) is 5.96 Å². The predicted molar refractivity (Wildman–Crippen MR) is 134 cm³/mol. The molecule has 2 aliphatic rings. The molecule has 6 nitrogen and oxygen atoms in total. The van der Waals surface area contributed by atoms with Crippen LogP contribution in [-0.4, -0.2) is 79.8 Å². The lowest BCUT2D eigenvalue weighted by molar-refractivity contribution is 0.00566. The molecule has 0 aliphatic carbocycles. The highest BCUT2D eigenvalue weighted by Gasteiger charge is 2.31. The Morgan fingerprint density at radius 3 is 2.56 bits per heavy atom. The van der Waals surface area contributed by atoms with Gasteiger partial charge < -0.3 is 15.4 Å². The molecule has 180 valence electrons. The van der Waals surface area contributed by atoms with Crippen molar-refractivity contribution in [1.82, 2.24) is 20.4 Å². The molecule has 32 heavy (non-hydrogen) atoms. The second kappa shape index (κ2) is 13.2. The number of likely N-dealkylation sites (tertiary alicyclic amines) is 2. The van der Waals surface area contributed by atoms with Crippen LogP contribution >= 0.6 is 0 Å². The van der Waals surface area contributed by atoms with E-state index in [9.17, 15) is 0 Å².